The molecule has 5 nitrogen and oxygen atoms in total. The van der Waals surface area contributed by atoms with E-state index < -0.39 is 5.92 Å². The van der Waals surface area contributed by atoms with Gasteiger partial charge in [0.15, 0.2) is 0 Å². The minimum absolute atomic E-state index is 0.115. The highest BCUT2D eigenvalue weighted by molar-refractivity contribution is 6.14. The maximum absolute atomic E-state index is 13.5. The van der Waals surface area contributed by atoms with Gasteiger partial charge in [0.05, 0.1) is 5.92 Å². The molecule has 2 atom stereocenters. The smallest absolute Gasteiger partial charge is 0.255 e. The number of nitrogens with one attached hydrogen (secondary N) is 1. The number of benzene rings is 1. The van der Waals surface area contributed by atoms with Gasteiger partial charge in [-0.05, 0) is 55.9 Å². The third-order valence-corrected chi connectivity index (χ3v) is 6.20. The number of fused-ring (bicyclic) bond motifs is 1. The summed E-state index contributed by atoms with van der Waals surface area (Å²) in [6.45, 7) is 10.1. The molecule has 1 amide bonds. The minimum atomic E-state index is -0.398. The molecule has 160 valence electrons. The monoisotopic (exact) mass is 415 g/mol. The molecule has 1 fully saturated rings. The molecule has 1 aliphatic heterocycles. The van der Waals surface area contributed by atoms with Crippen LogP contribution in [0, 0.1) is 25.2 Å². The van der Waals surface area contributed by atoms with Gasteiger partial charge in [0.1, 0.15) is 11.6 Å². The number of aromatic nitrogens is 1. The van der Waals surface area contributed by atoms with E-state index >= 15 is 0 Å². The van der Waals surface area contributed by atoms with Crippen LogP contribution in [0.15, 0.2) is 58.9 Å². The molecule has 31 heavy (non-hydrogen) atoms. The molecule has 1 N–H and O–H groups in total. The number of hydrogen-bond acceptors (Lipinski definition) is 4. The van der Waals surface area contributed by atoms with Crippen LogP contribution < -0.4 is 5.32 Å². The summed E-state index contributed by atoms with van der Waals surface area (Å²) in [6, 6.07) is 11.8. The number of nitrogens with zero attached hydrogens (tertiary/aromatic N) is 2. The lowest BCUT2D eigenvalue weighted by molar-refractivity contribution is -0.124. The fraction of sp³-hybridized carbons (Fsp3) is 0.385. The number of ketones is 1. The summed E-state index contributed by atoms with van der Waals surface area (Å²) in [7, 11) is 0. The third-order valence-electron chi connectivity index (χ3n) is 6.20. The first-order valence-electron chi connectivity index (χ1n) is 10.8. The number of amides is 1. The average molecular weight is 416 g/mol. The summed E-state index contributed by atoms with van der Waals surface area (Å²) >= 11 is 0. The fourth-order valence-corrected chi connectivity index (χ4v) is 4.81. The van der Waals surface area contributed by atoms with Crippen molar-refractivity contribution in [1.29, 1.82) is 0 Å². The standard InChI is InChI=1S/C26H29N3O2/c1-15-6-8-18(9-7-15)23-22(25(31)29-21-12-16(2)10-11-27-21)17(3)28-19-13-26(4,5)14-20(30)24(19)23/h6-12,23-24H,13-14H2,1-5H3,(H,27,29,31)/t23-,24?/m1/s1. The van der Waals surface area contributed by atoms with Gasteiger partial charge in [-0.25, -0.2) is 4.98 Å². The Morgan fingerprint density at radius 3 is 2.39 bits per heavy atom. The Bertz CT molecular complexity index is 1110. The van der Waals surface area contributed by atoms with Crippen LogP contribution in [0.5, 0.6) is 0 Å². The van der Waals surface area contributed by atoms with E-state index in [-0.39, 0.29) is 23.0 Å². The lowest BCUT2D eigenvalue weighted by atomic mass is 9.63. The topological polar surface area (TPSA) is 71.4 Å². The first-order valence-corrected chi connectivity index (χ1v) is 10.8. The van der Waals surface area contributed by atoms with Crippen molar-refractivity contribution in [2.45, 2.75) is 53.4 Å². The van der Waals surface area contributed by atoms with Gasteiger partial charge in [0.25, 0.3) is 5.91 Å². The third kappa shape index (κ3) is 4.22. The fourth-order valence-electron chi connectivity index (χ4n) is 4.81. The van der Waals surface area contributed by atoms with E-state index in [1.165, 1.54) is 0 Å². The van der Waals surface area contributed by atoms with Crippen LogP contribution in [0.25, 0.3) is 0 Å². The van der Waals surface area contributed by atoms with Gasteiger partial charge < -0.3 is 5.32 Å². The van der Waals surface area contributed by atoms with E-state index in [1.54, 1.807) is 6.20 Å². The summed E-state index contributed by atoms with van der Waals surface area (Å²) in [5.74, 6) is -0.334. The van der Waals surface area contributed by atoms with Gasteiger partial charge in [0, 0.05) is 35.5 Å². The highest BCUT2D eigenvalue weighted by atomic mass is 16.2. The number of hydrogen-bond donors (Lipinski definition) is 1. The molecule has 2 aromatic rings. The number of aryl methyl sites for hydroxylation is 2. The molecular weight excluding hydrogens is 386 g/mol. The zero-order valence-corrected chi connectivity index (χ0v) is 18.8. The van der Waals surface area contributed by atoms with E-state index in [9.17, 15) is 9.59 Å². The molecule has 0 saturated heterocycles. The van der Waals surface area contributed by atoms with Gasteiger partial charge in [0.2, 0.25) is 0 Å². The van der Waals surface area contributed by atoms with Crippen molar-refractivity contribution < 1.29 is 9.59 Å². The molecule has 1 unspecified atom stereocenters. The van der Waals surface area contributed by atoms with Gasteiger partial charge in [-0.3, -0.25) is 14.6 Å². The van der Waals surface area contributed by atoms with Gasteiger partial charge in [-0.15, -0.1) is 0 Å². The van der Waals surface area contributed by atoms with Crippen molar-refractivity contribution in [2.75, 3.05) is 5.32 Å². The Balaban J connectivity index is 1.81. The second-order valence-electron chi connectivity index (χ2n) is 9.62. The maximum atomic E-state index is 13.5. The Morgan fingerprint density at radius 2 is 1.71 bits per heavy atom. The highest BCUT2D eigenvalue weighted by Crippen LogP contribution is 2.46. The minimum Gasteiger partial charge on any atom is -0.307 e. The summed E-state index contributed by atoms with van der Waals surface area (Å²) in [5, 5.41) is 2.93. The van der Waals surface area contributed by atoms with Crippen LogP contribution in [0.4, 0.5) is 5.82 Å². The lowest BCUT2D eigenvalue weighted by Gasteiger charge is -2.41. The predicted molar refractivity (Wildman–Crippen MR) is 123 cm³/mol. The first-order chi connectivity index (χ1) is 14.6. The van der Waals surface area contributed by atoms with E-state index in [2.05, 4.69) is 24.1 Å². The van der Waals surface area contributed by atoms with Crippen LogP contribution in [0.3, 0.4) is 0 Å². The highest BCUT2D eigenvalue weighted by Gasteiger charge is 2.47. The number of rotatable bonds is 3. The Kier molecular flexibility index (Phi) is 5.38. The van der Waals surface area contributed by atoms with Crippen LogP contribution >= 0.6 is 0 Å². The van der Waals surface area contributed by atoms with E-state index in [0.717, 1.165) is 28.8 Å². The average Bonchev–Trinajstić information content (AvgIpc) is 2.66. The Morgan fingerprint density at radius 1 is 1.00 bits per heavy atom. The summed E-state index contributed by atoms with van der Waals surface area (Å²) in [4.78, 5) is 35.9. The predicted octanol–water partition coefficient (Wildman–Crippen LogP) is 5.15. The van der Waals surface area contributed by atoms with Crippen LogP contribution in [0.1, 0.15) is 56.2 Å². The Hall–Kier alpha value is -3.08. The zero-order valence-electron chi connectivity index (χ0n) is 18.8. The van der Waals surface area contributed by atoms with Crippen molar-refractivity contribution in [1.82, 2.24) is 4.98 Å². The zero-order chi connectivity index (χ0) is 22.3. The molecular formula is C26H29N3O2. The molecule has 1 aliphatic carbocycles. The number of pyridine rings is 1. The number of aliphatic imine (C=N–C) groups is 1. The molecule has 1 saturated carbocycles. The molecule has 1 aromatic heterocycles. The number of carbonyl (C=O) groups excluding carboxylic acids is 2. The molecule has 0 radical (unpaired) electrons. The Labute approximate surface area is 183 Å². The molecule has 0 spiro atoms. The van der Waals surface area contributed by atoms with Crippen molar-refractivity contribution >= 4 is 23.2 Å². The van der Waals surface area contributed by atoms with Gasteiger partial charge in [-0.1, -0.05) is 43.7 Å². The second kappa shape index (κ2) is 7.88. The van der Waals surface area contributed by atoms with E-state index in [0.29, 0.717) is 23.5 Å². The van der Waals surface area contributed by atoms with E-state index in [1.807, 2.05) is 57.2 Å². The molecule has 5 heteroatoms. The lowest BCUT2D eigenvalue weighted by Crippen LogP contribution is -2.44. The normalized spacial score (nSPS) is 22.6. The molecule has 4 rings (SSSR count). The quantitative estimate of drug-likeness (QED) is 0.753. The number of anilines is 1. The van der Waals surface area contributed by atoms with Gasteiger partial charge >= 0.3 is 0 Å². The molecule has 0 bridgehead atoms. The van der Waals surface area contributed by atoms with Crippen molar-refractivity contribution in [3.05, 3.63) is 70.6 Å². The number of carbonyl (C=O) groups is 2. The summed E-state index contributed by atoms with van der Waals surface area (Å²) in [6.07, 6.45) is 2.93. The molecule has 2 heterocycles. The second-order valence-corrected chi connectivity index (χ2v) is 9.62. The van der Waals surface area contributed by atoms with Crippen molar-refractivity contribution in [2.24, 2.45) is 16.3 Å². The van der Waals surface area contributed by atoms with Crippen molar-refractivity contribution in [3.63, 3.8) is 0 Å². The maximum Gasteiger partial charge on any atom is 0.255 e. The SMILES string of the molecule is CC1=C(C(=O)Nc2cc(C)ccn2)[C@@H](c2ccc(C)cc2)C2C(=O)CC(C)(C)CC2=N1. The molecule has 2 aliphatic rings. The van der Waals surface area contributed by atoms with Crippen LogP contribution in [0.2, 0.25) is 0 Å². The van der Waals surface area contributed by atoms with Crippen LogP contribution in [-0.4, -0.2) is 22.4 Å². The number of allylic oxidation sites excluding steroid dienone is 1. The first kappa shape index (κ1) is 21.2. The summed E-state index contributed by atoms with van der Waals surface area (Å²) in [5.41, 5.74) is 5.13. The van der Waals surface area contributed by atoms with Gasteiger partial charge in [-0.2, -0.15) is 0 Å². The summed E-state index contributed by atoms with van der Waals surface area (Å²) < 4.78 is 0. The molecule has 1 aromatic carbocycles. The number of Topliss-reactive ketones (excluding diaryl/α,β-unsaturated/α-hetero) is 1. The largest absolute Gasteiger partial charge is 0.307 e. The van der Waals surface area contributed by atoms with Crippen LogP contribution in [-0.2, 0) is 9.59 Å². The van der Waals surface area contributed by atoms with E-state index in [4.69, 9.17) is 4.99 Å². The van der Waals surface area contributed by atoms with Crippen molar-refractivity contribution in [3.8, 4) is 0 Å².